The number of carbonyl (C=O) groups excluding carboxylic acids is 2. The van der Waals surface area contributed by atoms with Gasteiger partial charge in [-0.25, -0.2) is 15.5 Å². The highest BCUT2D eigenvalue weighted by Crippen LogP contribution is 2.22. The van der Waals surface area contributed by atoms with Crippen molar-refractivity contribution in [3.05, 3.63) is 29.8 Å². The number of amides is 2. The highest BCUT2D eigenvalue weighted by atomic mass is 16.6. The molecule has 178 valence electrons. The van der Waals surface area contributed by atoms with Crippen molar-refractivity contribution in [2.75, 3.05) is 26.3 Å². The molecule has 1 aromatic carbocycles. The zero-order valence-electron chi connectivity index (χ0n) is 19.6. The van der Waals surface area contributed by atoms with E-state index in [0.29, 0.717) is 24.7 Å². The van der Waals surface area contributed by atoms with E-state index in [9.17, 15) is 9.59 Å². The maximum atomic E-state index is 13.0. The summed E-state index contributed by atoms with van der Waals surface area (Å²) in [5, 5.41) is 2.71. The van der Waals surface area contributed by atoms with Crippen LogP contribution in [-0.2, 0) is 14.3 Å². The largest absolute Gasteiger partial charge is 0.491 e. The number of rotatable bonds is 7. The summed E-state index contributed by atoms with van der Waals surface area (Å²) >= 11 is 0. The minimum atomic E-state index is -0.684. The molecule has 1 aliphatic heterocycles. The van der Waals surface area contributed by atoms with Gasteiger partial charge in [0.05, 0.1) is 12.6 Å². The first-order valence-corrected chi connectivity index (χ1v) is 10.5. The Morgan fingerprint density at radius 3 is 2.25 bits per heavy atom. The van der Waals surface area contributed by atoms with E-state index in [1.807, 2.05) is 0 Å². The van der Waals surface area contributed by atoms with Gasteiger partial charge in [-0.15, -0.1) is 0 Å². The van der Waals surface area contributed by atoms with E-state index in [1.165, 1.54) is 4.90 Å². The van der Waals surface area contributed by atoms with E-state index in [4.69, 9.17) is 20.1 Å². The summed E-state index contributed by atoms with van der Waals surface area (Å²) in [5.41, 5.74) is -0.582. The number of amidine groups is 1. The van der Waals surface area contributed by atoms with E-state index >= 15 is 0 Å². The fourth-order valence-electron chi connectivity index (χ4n) is 2.88. The van der Waals surface area contributed by atoms with Crippen LogP contribution < -0.4 is 16.0 Å². The standard InChI is InChI=1S/C22H34N4O6/c1-21(2,3)31-19(27)25-14-16-13-24-18(26(16)20(28)32-22(4,5)6)15-7-9-17(10-8-15)29-11-12-30-23/h7-10,16H,11-14,23H2,1-6H3,(H,25,27). The smallest absolute Gasteiger partial charge is 0.416 e. The van der Waals surface area contributed by atoms with Gasteiger partial charge in [-0.05, 0) is 65.8 Å². The zero-order chi connectivity index (χ0) is 23.9. The molecule has 0 bridgehead atoms. The van der Waals surface area contributed by atoms with Crippen LogP contribution in [0.4, 0.5) is 9.59 Å². The van der Waals surface area contributed by atoms with Crippen LogP contribution in [0.25, 0.3) is 0 Å². The second-order valence-electron chi connectivity index (χ2n) is 9.29. The van der Waals surface area contributed by atoms with Crippen LogP contribution in [0, 0.1) is 0 Å². The van der Waals surface area contributed by atoms with Crippen LogP contribution >= 0.6 is 0 Å². The summed E-state index contributed by atoms with van der Waals surface area (Å²) in [6.07, 6.45) is -1.09. The molecule has 1 aliphatic rings. The number of nitrogens with two attached hydrogens (primary N) is 1. The average molecular weight is 451 g/mol. The second kappa shape index (κ2) is 10.6. The zero-order valence-corrected chi connectivity index (χ0v) is 19.6. The van der Waals surface area contributed by atoms with E-state index in [0.717, 1.165) is 5.56 Å². The molecule has 1 atom stereocenters. The summed E-state index contributed by atoms with van der Waals surface area (Å²) in [6, 6.07) is 6.74. The number of carbonyl (C=O) groups is 2. The highest BCUT2D eigenvalue weighted by molar-refractivity contribution is 6.08. The maximum absolute atomic E-state index is 13.0. The van der Waals surface area contributed by atoms with Crippen molar-refractivity contribution in [2.24, 2.45) is 10.9 Å². The van der Waals surface area contributed by atoms with Gasteiger partial charge >= 0.3 is 12.2 Å². The molecule has 0 radical (unpaired) electrons. The second-order valence-corrected chi connectivity index (χ2v) is 9.29. The Hall–Kier alpha value is -2.85. The molecule has 0 aromatic heterocycles. The van der Waals surface area contributed by atoms with Gasteiger partial charge in [-0.2, -0.15) is 0 Å². The number of aliphatic imine (C=N–C) groups is 1. The summed E-state index contributed by atoms with van der Waals surface area (Å²) < 4.78 is 16.4. The van der Waals surface area contributed by atoms with Gasteiger partial charge in [0.15, 0.2) is 0 Å². The van der Waals surface area contributed by atoms with E-state index in [-0.39, 0.29) is 13.2 Å². The van der Waals surface area contributed by atoms with Gasteiger partial charge in [0.25, 0.3) is 0 Å². The molecule has 1 aromatic rings. The normalized spacial score (nSPS) is 16.4. The van der Waals surface area contributed by atoms with E-state index < -0.39 is 29.4 Å². The van der Waals surface area contributed by atoms with Crippen LogP contribution in [0.1, 0.15) is 47.1 Å². The van der Waals surface area contributed by atoms with Gasteiger partial charge in [0, 0.05) is 12.1 Å². The first kappa shape index (κ1) is 25.4. The molecule has 10 heteroatoms. The number of nitrogens with zero attached hydrogens (tertiary/aromatic N) is 2. The molecule has 10 nitrogen and oxygen atoms in total. The molecule has 0 aliphatic carbocycles. The van der Waals surface area contributed by atoms with Crippen molar-refractivity contribution in [2.45, 2.75) is 58.8 Å². The number of nitrogens with one attached hydrogen (secondary N) is 1. The minimum Gasteiger partial charge on any atom is -0.491 e. The number of ether oxygens (including phenoxy) is 3. The summed E-state index contributed by atoms with van der Waals surface area (Å²) in [7, 11) is 0. The van der Waals surface area contributed by atoms with Gasteiger partial charge in [0.1, 0.15) is 36.0 Å². The molecule has 0 spiro atoms. The lowest BCUT2D eigenvalue weighted by molar-refractivity contribution is 0.0314. The number of hydrogen-bond acceptors (Lipinski definition) is 8. The topological polar surface area (TPSA) is 125 Å². The predicted octanol–water partition coefficient (Wildman–Crippen LogP) is 2.85. The Morgan fingerprint density at radius 1 is 1.06 bits per heavy atom. The molecule has 3 N–H and O–H groups in total. The molecule has 2 rings (SSSR count). The first-order chi connectivity index (χ1) is 14.9. The van der Waals surface area contributed by atoms with Crippen molar-refractivity contribution < 1.29 is 28.6 Å². The van der Waals surface area contributed by atoms with Crippen LogP contribution in [0.15, 0.2) is 29.3 Å². The summed E-state index contributed by atoms with van der Waals surface area (Å²) in [6.45, 7) is 11.8. The molecule has 1 heterocycles. The fraction of sp³-hybridized carbons (Fsp3) is 0.591. The van der Waals surface area contributed by atoms with Gasteiger partial charge < -0.3 is 24.4 Å². The molecule has 0 saturated carbocycles. The Labute approximate surface area is 189 Å². The molecule has 0 fully saturated rings. The number of hydrogen-bond donors (Lipinski definition) is 2. The minimum absolute atomic E-state index is 0.168. The average Bonchev–Trinajstić information content (AvgIpc) is 3.08. The third kappa shape index (κ3) is 8.01. The SMILES string of the molecule is CC(C)(C)OC(=O)NCC1CN=C(c2ccc(OCCON)cc2)N1C(=O)OC(C)(C)C. The predicted molar refractivity (Wildman–Crippen MR) is 120 cm³/mol. The Kier molecular flexibility index (Phi) is 8.45. The number of alkyl carbamates (subject to hydrolysis) is 1. The molecule has 32 heavy (non-hydrogen) atoms. The molecule has 1 unspecified atom stereocenters. The third-order valence-corrected chi connectivity index (χ3v) is 4.10. The van der Waals surface area contributed by atoms with Crippen LogP contribution in [0.2, 0.25) is 0 Å². The van der Waals surface area contributed by atoms with Gasteiger partial charge in [0.2, 0.25) is 0 Å². The van der Waals surface area contributed by atoms with Crippen molar-refractivity contribution >= 4 is 18.0 Å². The Morgan fingerprint density at radius 2 is 1.69 bits per heavy atom. The highest BCUT2D eigenvalue weighted by Gasteiger charge is 2.37. The van der Waals surface area contributed by atoms with Crippen molar-refractivity contribution in [1.82, 2.24) is 10.2 Å². The van der Waals surface area contributed by atoms with Crippen molar-refractivity contribution in [1.29, 1.82) is 0 Å². The lowest BCUT2D eigenvalue weighted by Gasteiger charge is -2.30. The van der Waals surface area contributed by atoms with Crippen LogP contribution in [0.5, 0.6) is 5.75 Å². The number of benzene rings is 1. The van der Waals surface area contributed by atoms with Crippen LogP contribution in [-0.4, -0.2) is 66.5 Å². The van der Waals surface area contributed by atoms with Gasteiger partial charge in [-0.3, -0.25) is 9.89 Å². The van der Waals surface area contributed by atoms with E-state index in [1.54, 1.807) is 65.8 Å². The summed E-state index contributed by atoms with van der Waals surface area (Å²) in [5.74, 6) is 6.09. The Bertz CT molecular complexity index is 811. The molecule has 0 saturated heterocycles. The van der Waals surface area contributed by atoms with Crippen LogP contribution in [0.3, 0.4) is 0 Å². The third-order valence-electron chi connectivity index (χ3n) is 4.10. The van der Waals surface area contributed by atoms with E-state index in [2.05, 4.69) is 15.1 Å². The monoisotopic (exact) mass is 450 g/mol. The quantitative estimate of drug-likeness (QED) is 0.483. The molecular weight excluding hydrogens is 416 g/mol. The lowest BCUT2D eigenvalue weighted by atomic mass is 10.1. The maximum Gasteiger partial charge on any atom is 0.416 e. The fourth-order valence-corrected chi connectivity index (χ4v) is 2.88. The van der Waals surface area contributed by atoms with Crippen molar-refractivity contribution in [3.8, 4) is 5.75 Å². The van der Waals surface area contributed by atoms with Gasteiger partial charge in [-0.1, -0.05) is 0 Å². The lowest BCUT2D eigenvalue weighted by Crippen LogP contribution is -2.50. The summed E-state index contributed by atoms with van der Waals surface area (Å²) in [4.78, 5) is 35.6. The van der Waals surface area contributed by atoms with Crippen molar-refractivity contribution in [3.63, 3.8) is 0 Å². The molecular formula is C22H34N4O6. The molecule has 2 amide bonds. The Balaban J connectivity index is 2.15. The first-order valence-electron chi connectivity index (χ1n) is 10.5.